The molecular weight excluding hydrogens is 272 g/mol. The SMILES string of the molecule is CS(C)=CC(=O)C(CCCCN)NC(=O)C1CCCC1. The number of unbranched alkanes of at least 4 members (excludes halogenated alkanes) is 1. The summed E-state index contributed by atoms with van der Waals surface area (Å²) in [5, 5.41) is 4.71. The summed E-state index contributed by atoms with van der Waals surface area (Å²) in [6.45, 7) is 0.632. The summed E-state index contributed by atoms with van der Waals surface area (Å²) in [6, 6.07) is -0.357. The van der Waals surface area contributed by atoms with E-state index in [1.54, 1.807) is 5.37 Å². The third-order valence-electron chi connectivity index (χ3n) is 3.68. The first-order chi connectivity index (χ1) is 9.54. The summed E-state index contributed by atoms with van der Waals surface area (Å²) < 4.78 is 0. The summed E-state index contributed by atoms with van der Waals surface area (Å²) >= 11 is 0. The fourth-order valence-corrected chi connectivity index (χ4v) is 3.20. The second kappa shape index (κ2) is 9.29. The van der Waals surface area contributed by atoms with Gasteiger partial charge in [0, 0.05) is 11.3 Å². The van der Waals surface area contributed by atoms with Crippen LogP contribution in [0.15, 0.2) is 0 Å². The smallest absolute Gasteiger partial charge is 0.223 e. The van der Waals surface area contributed by atoms with Gasteiger partial charge in [-0.3, -0.25) is 9.59 Å². The molecule has 0 saturated heterocycles. The molecule has 0 radical (unpaired) electrons. The van der Waals surface area contributed by atoms with Gasteiger partial charge in [0.15, 0.2) is 5.78 Å². The molecular formula is C15H28N2O2S. The van der Waals surface area contributed by atoms with E-state index in [1.165, 1.54) is 0 Å². The van der Waals surface area contributed by atoms with Gasteiger partial charge in [-0.2, -0.15) is 10.5 Å². The first-order valence-corrected chi connectivity index (χ1v) is 9.60. The normalized spacial score (nSPS) is 17.2. The van der Waals surface area contributed by atoms with E-state index in [2.05, 4.69) is 5.32 Å². The average Bonchev–Trinajstić information content (AvgIpc) is 2.90. The third-order valence-corrected chi connectivity index (χ3v) is 4.39. The average molecular weight is 300 g/mol. The van der Waals surface area contributed by atoms with Crippen LogP contribution in [0.1, 0.15) is 44.9 Å². The molecule has 0 aromatic heterocycles. The zero-order valence-electron chi connectivity index (χ0n) is 12.7. The molecule has 1 aliphatic rings. The predicted octanol–water partition coefficient (Wildman–Crippen LogP) is 1.69. The molecule has 5 heteroatoms. The summed E-state index contributed by atoms with van der Waals surface area (Å²) in [7, 11) is -0.0409. The number of Topliss-reactive ketones (excluding diaryl/α,β-unsaturated/α-hetero) is 1. The first kappa shape index (κ1) is 17.4. The minimum absolute atomic E-state index is 0.0409. The van der Waals surface area contributed by atoms with E-state index in [0.717, 1.165) is 38.5 Å². The third kappa shape index (κ3) is 6.18. The van der Waals surface area contributed by atoms with Crippen LogP contribution in [0.4, 0.5) is 0 Å². The number of carbonyl (C=O) groups excluding carboxylic acids is 2. The summed E-state index contributed by atoms with van der Waals surface area (Å²) in [5.41, 5.74) is 5.49. The Morgan fingerprint density at radius 2 is 1.95 bits per heavy atom. The summed E-state index contributed by atoms with van der Waals surface area (Å²) in [4.78, 5) is 24.4. The van der Waals surface area contributed by atoms with E-state index in [1.807, 2.05) is 12.5 Å². The Balaban J connectivity index is 2.58. The van der Waals surface area contributed by atoms with Crippen molar-refractivity contribution in [2.45, 2.75) is 51.0 Å². The molecule has 1 atom stereocenters. The molecule has 0 aromatic rings. The molecule has 1 fully saturated rings. The molecule has 0 aromatic carbocycles. The highest BCUT2D eigenvalue weighted by Crippen LogP contribution is 2.25. The van der Waals surface area contributed by atoms with Gasteiger partial charge < -0.3 is 11.1 Å². The van der Waals surface area contributed by atoms with Crippen LogP contribution in [0.5, 0.6) is 0 Å². The van der Waals surface area contributed by atoms with Crippen molar-refractivity contribution in [1.29, 1.82) is 0 Å². The molecule has 1 rings (SSSR count). The van der Waals surface area contributed by atoms with Crippen LogP contribution in [-0.4, -0.2) is 42.2 Å². The van der Waals surface area contributed by atoms with E-state index in [9.17, 15) is 9.59 Å². The standard InChI is InChI=1S/C15H28N2O2S/c1-20(2)11-14(18)13(9-5-6-10-16)17-15(19)12-7-3-4-8-12/h11-13H,3-10,16H2,1-2H3,(H,17,19). The minimum Gasteiger partial charge on any atom is -0.346 e. The van der Waals surface area contributed by atoms with Gasteiger partial charge in [-0.05, 0) is 51.2 Å². The number of nitrogens with two attached hydrogens (primary N) is 1. The van der Waals surface area contributed by atoms with Crippen molar-refractivity contribution >= 4 is 27.5 Å². The zero-order valence-corrected chi connectivity index (χ0v) is 13.5. The lowest BCUT2D eigenvalue weighted by atomic mass is 10.0. The van der Waals surface area contributed by atoms with E-state index in [0.29, 0.717) is 13.0 Å². The lowest BCUT2D eigenvalue weighted by Crippen LogP contribution is -2.43. The van der Waals surface area contributed by atoms with Gasteiger partial charge in [0.05, 0.1) is 6.04 Å². The molecule has 0 heterocycles. The van der Waals surface area contributed by atoms with Gasteiger partial charge in [0.2, 0.25) is 5.91 Å². The minimum atomic E-state index is -0.357. The number of rotatable bonds is 8. The van der Waals surface area contributed by atoms with Gasteiger partial charge in [0.25, 0.3) is 0 Å². The van der Waals surface area contributed by atoms with Gasteiger partial charge in [-0.15, -0.1) is 0 Å². The van der Waals surface area contributed by atoms with Crippen molar-refractivity contribution in [2.24, 2.45) is 11.7 Å². The maximum absolute atomic E-state index is 12.2. The number of hydrogen-bond donors (Lipinski definition) is 2. The molecule has 1 aliphatic carbocycles. The number of nitrogens with one attached hydrogen (secondary N) is 1. The fraction of sp³-hybridized carbons (Fsp3) is 0.800. The first-order valence-electron chi connectivity index (χ1n) is 7.50. The second-order valence-corrected chi connectivity index (χ2v) is 7.72. The molecule has 116 valence electrons. The summed E-state index contributed by atoms with van der Waals surface area (Å²) in [6.07, 6.45) is 10.7. The van der Waals surface area contributed by atoms with Crippen LogP contribution in [0.25, 0.3) is 0 Å². The van der Waals surface area contributed by atoms with E-state index >= 15 is 0 Å². The molecule has 1 unspecified atom stereocenters. The van der Waals surface area contributed by atoms with Gasteiger partial charge in [0.1, 0.15) is 0 Å². The Hall–Kier alpha value is -0.680. The lowest BCUT2D eigenvalue weighted by Gasteiger charge is -2.19. The van der Waals surface area contributed by atoms with Crippen LogP contribution >= 0.6 is 10.5 Å². The van der Waals surface area contributed by atoms with Crippen molar-refractivity contribution in [3.8, 4) is 0 Å². The molecule has 1 amide bonds. The van der Waals surface area contributed by atoms with Gasteiger partial charge in [-0.25, -0.2) is 0 Å². The molecule has 0 spiro atoms. The highest BCUT2D eigenvalue weighted by molar-refractivity contribution is 8.14. The number of amides is 1. The Morgan fingerprint density at radius 3 is 2.50 bits per heavy atom. The summed E-state index contributed by atoms with van der Waals surface area (Å²) in [5.74, 6) is 0.233. The Labute approximate surface area is 124 Å². The number of hydrogen-bond acceptors (Lipinski definition) is 3. The largest absolute Gasteiger partial charge is 0.346 e. The van der Waals surface area contributed by atoms with E-state index < -0.39 is 0 Å². The van der Waals surface area contributed by atoms with Crippen molar-refractivity contribution in [3.05, 3.63) is 0 Å². The predicted molar refractivity (Wildman–Crippen MR) is 87.3 cm³/mol. The highest BCUT2D eigenvalue weighted by atomic mass is 32.2. The lowest BCUT2D eigenvalue weighted by molar-refractivity contribution is -0.128. The molecule has 0 bridgehead atoms. The topological polar surface area (TPSA) is 72.2 Å². The Morgan fingerprint density at radius 1 is 1.30 bits per heavy atom. The number of carbonyl (C=O) groups is 2. The van der Waals surface area contributed by atoms with Gasteiger partial charge >= 0.3 is 0 Å². The van der Waals surface area contributed by atoms with Crippen molar-refractivity contribution in [3.63, 3.8) is 0 Å². The highest BCUT2D eigenvalue weighted by Gasteiger charge is 2.26. The maximum Gasteiger partial charge on any atom is 0.223 e. The fourth-order valence-electron chi connectivity index (χ4n) is 2.57. The zero-order chi connectivity index (χ0) is 15.0. The molecule has 20 heavy (non-hydrogen) atoms. The van der Waals surface area contributed by atoms with Crippen molar-refractivity contribution < 1.29 is 9.59 Å². The Kier molecular flexibility index (Phi) is 8.07. The van der Waals surface area contributed by atoms with E-state index in [-0.39, 0.29) is 34.1 Å². The molecule has 3 N–H and O–H groups in total. The Bertz CT molecular complexity index is 359. The molecule has 4 nitrogen and oxygen atoms in total. The van der Waals surface area contributed by atoms with Crippen LogP contribution in [0, 0.1) is 5.92 Å². The molecule has 0 aliphatic heterocycles. The van der Waals surface area contributed by atoms with E-state index in [4.69, 9.17) is 5.73 Å². The maximum atomic E-state index is 12.2. The molecule has 1 saturated carbocycles. The van der Waals surface area contributed by atoms with Gasteiger partial charge in [-0.1, -0.05) is 12.8 Å². The van der Waals surface area contributed by atoms with Crippen molar-refractivity contribution in [2.75, 3.05) is 19.1 Å². The quantitative estimate of drug-likeness (QED) is 0.529. The van der Waals surface area contributed by atoms with Crippen LogP contribution in [0.2, 0.25) is 0 Å². The number of ketones is 1. The van der Waals surface area contributed by atoms with Crippen molar-refractivity contribution in [1.82, 2.24) is 5.32 Å². The second-order valence-electron chi connectivity index (χ2n) is 5.73. The van der Waals surface area contributed by atoms with Crippen LogP contribution < -0.4 is 11.1 Å². The van der Waals surface area contributed by atoms with Crippen LogP contribution in [0.3, 0.4) is 0 Å². The van der Waals surface area contributed by atoms with Crippen LogP contribution in [-0.2, 0) is 9.59 Å². The monoisotopic (exact) mass is 300 g/mol.